The number of esters is 1. The van der Waals surface area contributed by atoms with E-state index in [1.807, 2.05) is 30.3 Å². The van der Waals surface area contributed by atoms with Gasteiger partial charge in [0.1, 0.15) is 11.4 Å². The monoisotopic (exact) mass is 394 g/mol. The average Bonchev–Trinajstić information content (AvgIpc) is 2.72. The normalized spacial score (nSPS) is 11.5. The van der Waals surface area contributed by atoms with Gasteiger partial charge in [-0.15, -0.1) is 0 Å². The van der Waals surface area contributed by atoms with E-state index in [-0.39, 0.29) is 18.0 Å². The summed E-state index contributed by atoms with van der Waals surface area (Å²) in [6.45, 7) is 0.999. The van der Waals surface area contributed by atoms with Gasteiger partial charge in [0.2, 0.25) is 0 Å². The van der Waals surface area contributed by atoms with E-state index in [0.717, 1.165) is 10.8 Å². The fourth-order valence-corrected chi connectivity index (χ4v) is 2.66. The quantitative estimate of drug-likeness (QED) is 0.372. The highest BCUT2D eigenvalue weighted by Gasteiger charge is 2.21. The Labute approximate surface area is 166 Å². The summed E-state index contributed by atoms with van der Waals surface area (Å²) in [5, 5.41) is 15.4. The second-order valence-corrected chi connectivity index (χ2v) is 6.19. The molecule has 1 amide bonds. The first kappa shape index (κ1) is 19.8. The first-order valence-corrected chi connectivity index (χ1v) is 8.79. The zero-order chi connectivity index (χ0) is 20.8. The molecular weight excluding hydrogens is 376 g/mol. The average molecular weight is 394 g/mol. The fraction of sp³-hybridized carbons (Fsp3) is 0.143. The van der Waals surface area contributed by atoms with Crippen LogP contribution in [0.2, 0.25) is 0 Å². The van der Waals surface area contributed by atoms with Crippen molar-refractivity contribution in [3.05, 3.63) is 76.8 Å². The van der Waals surface area contributed by atoms with Crippen molar-refractivity contribution in [3.63, 3.8) is 0 Å². The number of ether oxygens (including phenoxy) is 2. The van der Waals surface area contributed by atoms with Crippen LogP contribution in [0.15, 0.2) is 66.7 Å². The largest absolute Gasteiger partial charge is 0.482 e. The van der Waals surface area contributed by atoms with E-state index in [9.17, 15) is 19.7 Å². The Balaban J connectivity index is 1.54. The minimum absolute atomic E-state index is 0.0258. The first-order valence-electron chi connectivity index (χ1n) is 8.79. The van der Waals surface area contributed by atoms with E-state index in [2.05, 4.69) is 5.32 Å². The number of carbonyl (C=O) groups is 2. The molecule has 3 aromatic rings. The van der Waals surface area contributed by atoms with Gasteiger partial charge in [-0.05, 0) is 35.9 Å². The summed E-state index contributed by atoms with van der Waals surface area (Å²) in [5.74, 6) is -0.917. The number of nitro groups is 1. The van der Waals surface area contributed by atoms with E-state index in [1.54, 1.807) is 18.2 Å². The highest BCUT2D eigenvalue weighted by molar-refractivity contribution is 5.96. The van der Waals surface area contributed by atoms with Crippen molar-refractivity contribution in [2.45, 2.75) is 13.0 Å². The number of anilines is 1. The molecule has 0 unspecified atom stereocenters. The second-order valence-electron chi connectivity index (χ2n) is 6.19. The van der Waals surface area contributed by atoms with Gasteiger partial charge in [0, 0.05) is 6.07 Å². The number of benzene rings is 3. The van der Waals surface area contributed by atoms with Crippen molar-refractivity contribution in [2.24, 2.45) is 0 Å². The number of para-hydroxylation sites is 2. The van der Waals surface area contributed by atoms with Crippen LogP contribution < -0.4 is 10.1 Å². The second kappa shape index (κ2) is 8.83. The van der Waals surface area contributed by atoms with Crippen LogP contribution in [0.1, 0.15) is 6.92 Å². The molecule has 3 aromatic carbocycles. The molecule has 0 fully saturated rings. The molecule has 0 saturated heterocycles. The summed E-state index contributed by atoms with van der Waals surface area (Å²) in [6.07, 6.45) is -1.15. The molecule has 0 aliphatic carbocycles. The van der Waals surface area contributed by atoms with Crippen molar-refractivity contribution >= 4 is 34.0 Å². The third-order valence-electron chi connectivity index (χ3n) is 4.11. The van der Waals surface area contributed by atoms with Crippen LogP contribution in [0.4, 0.5) is 11.4 Å². The number of nitrogens with one attached hydrogen (secondary N) is 1. The van der Waals surface area contributed by atoms with Crippen molar-refractivity contribution < 1.29 is 24.0 Å². The summed E-state index contributed by atoms with van der Waals surface area (Å²) >= 11 is 0. The smallest absolute Gasteiger partial charge is 0.344 e. The Kier molecular flexibility index (Phi) is 6.03. The lowest BCUT2D eigenvalue weighted by molar-refractivity contribution is -0.383. The highest BCUT2D eigenvalue weighted by atomic mass is 16.6. The Hall–Kier alpha value is -3.94. The summed E-state index contributed by atoms with van der Waals surface area (Å²) in [4.78, 5) is 34.6. The van der Waals surface area contributed by atoms with Crippen molar-refractivity contribution in [1.29, 1.82) is 0 Å². The van der Waals surface area contributed by atoms with Gasteiger partial charge in [0.15, 0.2) is 12.7 Å². The molecule has 0 bridgehead atoms. The van der Waals surface area contributed by atoms with Crippen LogP contribution in [-0.4, -0.2) is 29.5 Å². The molecule has 0 saturated carbocycles. The molecule has 148 valence electrons. The summed E-state index contributed by atoms with van der Waals surface area (Å²) in [7, 11) is 0. The lowest BCUT2D eigenvalue weighted by atomic mass is 10.1. The fourth-order valence-electron chi connectivity index (χ4n) is 2.66. The van der Waals surface area contributed by atoms with Gasteiger partial charge in [0.25, 0.3) is 11.6 Å². The third kappa shape index (κ3) is 5.07. The molecule has 29 heavy (non-hydrogen) atoms. The molecule has 0 spiro atoms. The van der Waals surface area contributed by atoms with Gasteiger partial charge in [-0.25, -0.2) is 4.79 Å². The third-order valence-corrected chi connectivity index (χ3v) is 4.11. The standard InChI is InChI=1S/C21H18N2O6/c1-14(21(25)22-18-8-4-5-9-19(18)23(26)27)29-20(24)13-28-17-11-10-15-6-2-3-7-16(15)12-17/h2-12,14H,13H2,1H3,(H,22,25)/t14-/m1/s1. The zero-order valence-corrected chi connectivity index (χ0v) is 15.5. The molecule has 1 N–H and O–H groups in total. The topological polar surface area (TPSA) is 108 Å². The molecule has 0 heterocycles. The van der Waals surface area contributed by atoms with Crippen molar-refractivity contribution in [2.75, 3.05) is 11.9 Å². The van der Waals surface area contributed by atoms with E-state index in [4.69, 9.17) is 9.47 Å². The van der Waals surface area contributed by atoms with Gasteiger partial charge in [-0.1, -0.05) is 42.5 Å². The number of carbonyl (C=O) groups excluding carboxylic acids is 2. The lowest BCUT2D eigenvalue weighted by Crippen LogP contribution is -2.31. The molecule has 8 heteroatoms. The van der Waals surface area contributed by atoms with Gasteiger partial charge >= 0.3 is 5.97 Å². The molecule has 0 aliphatic rings. The Morgan fingerprint density at radius 1 is 1.03 bits per heavy atom. The van der Waals surface area contributed by atoms with E-state index in [0.29, 0.717) is 5.75 Å². The number of fused-ring (bicyclic) bond motifs is 1. The van der Waals surface area contributed by atoms with Gasteiger partial charge < -0.3 is 14.8 Å². The minimum Gasteiger partial charge on any atom is -0.482 e. The molecule has 0 aliphatic heterocycles. The van der Waals surface area contributed by atoms with Crippen LogP contribution in [0.25, 0.3) is 10.8 Å². The SMILES string of the molecule is C[C@@H](OC(=O)COc1ccc2ccccc2c1)C(=O)Nc1ccccc1[N+](=O)[O-]. The maximum absolute atomic E-state index is 12.2. The molecular formula is C21H18N2O6. The molecule has 3 rings (SSSR count). The van der Waals surface area contributed by atoms with Crippen LogP contribution >= 0.6 is 0 Å². The zero-order valence-electron chi connectivity index (χ0n) is 15.5. The van der Waals surface area contributed by atoms with Gasteiger partial charge in [-0.3, -0.25) is 14.9 Å². The number of rotatable bonds is 7. The van der Waals surface area contributed by atoms with Crippen LogP contribution in [-0.2, 0) is 14.3 Å². The maximum Gasteiger partial charge on any atom is 0.344 e. The maximum atomic E-state index is 12.2. The van der Waals surface area contributed by atoms with Crippen LogP contribution in [0, 0.1) is 10.1 Å². The predicted octanol–water partition coefficient (Wildman–Crippen LogP) is 3.70. The number of nitrogens with zero attached hydrogens (tertiary/aromatic N) is 1. The molecule has 1 atom stereocenters. The van der Waals surface area contributed by atoms with Crippen molar-refractivity contribution in [3.8, 4) is 5.75 Å². The number of hydrogen-bond acceptors (Lipinski definition) is 6. The first-order chi connectivity index (χ1) is 13.9. The Morgan fingerprint density at radius 2 is 1.72 bits per heavy atom. The minimum atomic E-state index is -1.15. The molecule has 8 nitrogen and oxygen atoms in total. The Bertz CT molecular complexity index is 1070. The number of nitro benzene ring substituents is 1. The number of amides is 1. The van der Waals surface area contributed by atoms with Gasteiger partial charge in [0.05, 0.1) is 4.92 Å². The van der Waals surface area contributed by atoms with Crippen LogP contribution in [0.3, 0.4) is 0 Å². The van der Waals surface area contributed by atoms with E-state index >= 15 is 0 Å². The van der Waals surface area contributed by atoms with E-state index in [1.165, 1.54) is 25.1 Å². The Morgan fingerprint density at radius 3 is 2.48 bits per heavy atom. The summed E-state index contributed by atoms with van der Waals surface area (Å²) in [5.41, 5.74) is -0.225. The van der Waals surface area contributed by atoms with Crippen LogP contribution in [0.5, 0.6) is 5.75 Å². The molecule has 0 radical (unpaired) electrons. The van der Waals surface area contributed by atoms with Crippen molar-refractivity contribution in [1.82, 2.24) is 0 Å². The van der Waals surface area contributed by atoms with Gasteiger partial charge in [-0.2, -0.15) is 0 Å². The highest BCUT2D eigenvalue weighted by Crippen LogP contribution is 2.23. The van der Waals surface area contributed by atoms with E-state index < -0.39 is 22.9 Å². The predicted molar refractivity (Wildman–Crippen MR) is 107 cm³/mol. The summed E-state index contributed by atoms with van der Waals surface area (Å²) in [6, 6.07) is 18.8. The lowest BCUT2D eigenvalue weighted by Gasteiger charge is -2.14. The summed E-state index contributed by atoms with van der Waals surface area (Å²) < 4.78 is 10.5. The number of hydrogen-bond donors (Lipinski definition) is 1. The molecule has 0 aromatic heterocycles.